The van der Waals surface area contributed by atoms with Gasteiger partial charge in [0.25, 0.3) is 0 Å². The lowest BCUT2D eigenvalue weighted by atomic mass is 9.99. The molecule has 0 saturated carbocycles. The number of hydrogen-bond acceptors (Lipinski definition) is 4. The highest BCUT2D eigenvalue weighted by molar-refractivity contribution is 5.69. The van der Waals surface area contributed by atoms with Crippen LogP contribution in [0.3, 0.4) is 0 Å². The summed E-state index contributed by atoms with van der Waals surface area (Å²) < 4.78 is 11.7. The van der Waals surface area contributed by atoms with E-state index < -0.39 is 5.60 Å². The molecule has 0 radical (unpaired) electrons. The minimum Gasteiger partial charge on any atom is -0.489 e. The standard InChI is InChI=1S/C19H28N2O3/c1-19(2,3)24-18(22)21-11-9-16-14(12-21)6-5-7-17(16)23-15-8-10-20(4)13-15/h5-7,15H,8-13H2,1-4H3/t15-/m1/s1. The lowest BCUT2D eigenvalue weighted by Crippen LogP contribution is -2.40. The molecule has 0 spiro atoms. The van der Waals surface area contributed by atoms with E-state index in [1.54, 1.807) is 4.90 Å². The maximum Gasteiger partial charge on any atom is 0.410 e. The summed E-state index contributed by atoms with van der Waals surface area (Å²) in [4.78, 5) is 16.4. The highest BCUT2D eigenvalue weighted by Crippen LogP contribution is 2.30. The van der Waals surface area contributed by atoms with Crippen molar-refractivity contribution >= 4 is 6.09 Å². The van der Waals surface area contributed by atoms with Gasteiger partial charge >= 0.3 is 6.09 Å². The zero-order valence-corrected chi connectivity index (χ0v) is 15.2. The Kier molecular flexibility index (Phi) is 4.72. The number of hydrogen-bond donors (Lipinski definition) is 0. The monoisotopic (exact) mass is 332 g/mol. The summed E-state index contributed by atoms with van der Waals surface area (Å²) in [6, 6.07) is 6.16. The van der Waals surface area contributed by atoms with Crippen LogP contribution in [-0.4, -0.2) is 54.3 Å². The van der Waals surface area contributed by atoms with Crippen molar-refractivity contribution in [3.8, 4) is 5.75 Å². The molecule has 1 aromatic rings. The van der Waals surface area contributed by atoms with E-state index in [0.29, 0.717) is 13.1 Å². The molecule has 2 aliphatic heterocycles. The van der Waals surface area contributed by atoms with Crippen molar-refractivity contribution in [1.29, 1.82) is 0 Å². The van der Waals surface area contributed by atoms with Gasteiger partial charge in [-0.2, -0.15) is 0 Å². The Morgan fingerprint density at radius 1 is 1.25 bits per heavy atom. The van der Waals surface area contributed by atoms with Gasteiger partial charge in [0.1, 0.15) is 17.5 Å². The zero-order chi connectivity index (χ0) is 17.3. The third-order valence-electron chi connectivity index (χ3n) is 4.52. The minimum atomic E-state index is -0.461. The third-order valence-corrected chi connectivity index (χ3v) is 4.52. The molecule has 1 amide bonds. The van der Waals surface area contributed by atoms with E-state index in [1.807, 2.05) is 26.8 Å². The van der Waals surface area contributed by atoms with Crippen LogP contribution in [0, 0.1) is 0 Å². The molecule has 0 aromatic heterocycles. The Morgan fingerprint density at radius 3 is 2.71 bits per heavy atom. The Labute approximate surface area is 144 Å². The molecule has 0 bridgehead atoms. The number of fused-ring (bicyclic) bond motifs is 1. The Morgan fingerprint density at radius 2 is 2.04 bits per heavy atom. The topological polar surface area (TPSA) is 42.0 Å². The molecule has 5 heteroatoms. The number of amides is 1. The van der Waals surface area contributed by atoms with E-state index >= 15 is 0 Å². The first-order valence-electron chi connectivity index (χ1n) is 8.76. The quantitative estimate of drug-likeness (QED) is 0.835. The maximum atomic E-state index is 12.3. The van der Waals surface area contributed by atoms with Crippen molar-refractivity contribution < 1.29 is 14.3 Å². The van der Waals surface area contributed by atoms with Crippen molar-refractivity contribution in [2.45, 2.75) is 51.9 Å². The van der Waals surface area contributed by atoms with Crippen LogP contribution in [0.2, 0.25) is 0 Å². The van der Waals surface area contributed by atoms with E-state index in [1.165, 1.54) is 5.56 Å². The number of carbonyl (C=O) groups excluding carboxylic acids is 1. The Hall–Kier alpha value is -1.75. The molecule has 132 valence electrons. The van der Waals surface area contributed by atoms with E-state index in [4.69, 9.17) is 9.47 Å². The predicted molar refractivity (Wildman–Crippen MR) is 93.3 cm³/mol. The summed E-state index contributed by atoms with van der Waals surface area (Å²) in [6.07, 6.45) is 1.92. The van der Waals surface area contributed by atoms with Gasteiger partial charge in [-0.25, -0.2) is 4.79 Å². The zero-order valence-electron chi connectivity index (χ0n) is 15.2. The van der Waals surface area contributed by atoms with Crippen molar-refractivity contribution in [2.24, 2.45) is 0 Å². The predicted octanol–water partition coefficient (Wildman–Crippen LogP) is 3.06. The summed E-state index contributed by atoms with van der Waals surface area (Å²) in [5.74, 6) is 0.983. The molecule has 5 nitrogen and oxygen atoms in total. The molecule has 0 aliphatic carbocycles. The second-order valence-corrected chi connectivity index (χ2v) is 7.84. The van der Waals surface area contributed by atoms with Crippen molar-refractivity contribution in [1.82, 2.24) is 9.80 Å². The van der Waals surface area contributed by atoms with Gasteiger partial charge in [-0.3, -0.25) is 0 Å². The summed E-state index contributed by atoms with van der Waals surface area (Å²) >= 11 is 0. The fourth-order valence-corrected chi connectivity index (χ4v) is 3.34. The van der Waals surface area contributed by atoms with Crippen LogP contribution < -0.4 is 4.74 Å². The molecular weight excluding hydrogens is 304 g/mol. The second kappa shape index (κ2) is 6.63. The van der Waals surface area contributed by atoms with E-state index in [0.717, 1.165) is 37.2 Å². The Bertz CT molecular complexity index is 609. The van der Waals surface area contributed by atoms with Crippen LogP contribution in [-0.2, 0) is 17.7 Å². The van der Waals surface area contributed by atoms with Crippen molar-refractivity contribution in [2.75, 3.05) is 26.7 Å². The summed E-state index contributed by atoms with van der Waals surface area (Å²) in [5.41, 5.74) is 1.94. The number of nitrogens with zero attached hydrogens (tertiary/aromatic N) is 2. The molecule has 0 N–H and O–H groups in total. The average molecular weight is 332 g/mol. The van der Waals surface area contributed by atoms with Gasteiger partial charge in [0, 0.05) is 31.7 Å². The summed E-state index contributed by atoms with van der Waals surface area (Å²) in [6.45, 7) is 9.02. The van der Waals surface area contributed by atoms with Crippen LogP contribution in [0.4, 0.5) is 4.79 Å². The lowest BCUT2D eigenvalue weighted by Gasteiger charge is -2.32. The molecule has 1 atom stereocenters. The molecular formula is C19H28N2O3. The number of carbonyl (C=O) groups is 1. The van der Waals surface area contributed by atoms with E-state index in [-0.39, 0.29) is 12.2 Å². The van der Waals surface area contributed by atoms with Gasteiger partial charge in [0.05, 0.1) is 0 Å². The molecule has 3 rings (SSSR count). The normalized spacial score (nSPS) is 21.5. The molecule has 24 heavy (non-hydrogen) atoms. The van der Waals surface area contributed by atoms with Gasteiger partial charge < -0.3 is 19.3 Å². The number of likely N-dealkylation sites (tertiary alicyclic amines) is 1. The first-order valence-corrected chi connectivity index (χ1v) is 8.76. The first kappa shape index (κ1) is 17.1. The first-order chi connectivity index (χ1) is 11.3. The highest BCUT2D eigenvalue weighted by Gasteiger charge is 2.28. The van der Waals surface area contributed by atoms with Crippen LogP contribution in [0.25, 0.3) is 0 Å². The Balaban J connectivity index is 1.69. The number of rotatable bonds is 2. The maximum absolute atomic E-state index is 12.3. The van der Waals surface area contributed by atoms with E-state index in [9.17, 15) is 4.79 Å². The SMILES string of the molecule is CN1CC[C@@H](Oc2cccc3c2CCN(C(=O)OC(C)(C)C)C3)C1. The van der Waals surface area contributed by atoms with Crippen molar-refractivity contribution in [3.63, 3.8) is 0 Å². The van der Waals surface area contributed by atoms with Crippen LogP contribution in [0.15, 0.2) is 18.2 Å². The fourth-order valence-electron chi connectivity index (χ4n) is 3.34. The molecule has 1 saturated heterocycles. The van der Waals surface area contributed by atoms with Crippen LogP contribution in [0.1, 0.15) is 38.3 Å². The average Bonchev–Trinajstić information content (AvgIpc) is 2.90. The number of benzene rings is 1. The smallest absolute Gasteiger partial charge is 0.410 e. The van der Waals surface area contributed by atoms with Gasteiger partial charge in [-0.05, 0) is 52.3 Å². The van der Waals surface area contributed by atoms with E-state index in [2.05, 4.69) is 24.1 Å². The summed E-state index contributed by atoms with van der Waals surface area (Å²) in [7, 11) is 2.13. The molecule has 1 aromatic carbocycles. The van der Waals surface area contributed by atoms with Crippen LogP contribution in [0.5, 0.6) is 5.75 Å². The number of likely N-dealkylation sites (N-methyl/N-ethyl adjacent to an activating group) is 1. The molecule has 2 heterocycles. The van der Waals surface area contributed by atoms with Crippen molar-refractivity contribution in [3.05, 3.63) is 29.3 Å². The van der Waals surface area contributed by atoms with Gasteiger partial charge in [0.15, 0.2) is 0 Å². The van der Waals surface area contributed by atoms with Gasteiger partial charge in [-0.15, -0.1) is 0 Å². The second-order valence-electron chi connectivity index (χ2n) is 7.84. The molecule has 1 fully saturated rings. The van der Waals surface area contributed by atoms with Crippen LogP contribution >= 0.6 is 0 Å². The minimum absolute atomic E-state index is 0.239. The van der Waals surface area contributed by atoms with Gasteiger partial charge in [0.2, 0.25) is 0 Å². The highest BCUT2D eigenvalue weighted by atomic mass is 16.6. The largest absolute Gasteiger partial charge is 0.489 e. The lowest BCUT2D eigenvalue weighted by molar-refractivity contribution is 0.0222. The molecule has 2 aliphatic rings. The summed E-state index contributed by atoms with van der Waals surface area (Å²) in [5, 5.41) is 0. The number of ether oxygens (including phenoxy) is 2. The fraction of sp³-hybridized carbons (Fsp3) is 0.632. The third kappa shape index (κ3) is 4.01. The van der Waals surface area contributed by atoms with Gasteiger partial charge in [-0.1, -0.05) is 12.1 Å². The molecule has 0 unspecified atom stereocenters.